The van der Waals surface area contributed by atoms with Crippen LogP contribution in [0.3, 0.4) is 0 Å². The molecule has 4 saturated heterocycles. The summed E-state index contributed by atoms with van der Waals surface area (Å²) in [5, 5.41) is 1.21. The number of hydrogen-bond donors (Lipinski definition) is 0. The Kier molecular flexibility index (Phi) is 14.3. The van der Waals surface area contributed by atoms with E-state index in [0.29, 0.717) is 19.4 Å². The Morgan fingerprint density at radius 1 is 1.02 bits per heavy atom. The first-order valence-electron chi connectivity index (χ1n) is 18.2. The minimum absolute atomic E-state index is 0.0626. The Labute approximate surface area is 287 Å². The number of carbonyl (C=O) groups is 3. The topological polar surface area (TPSA) is 127 Å². The summed E-state index contributed by atoms with van der Waals surface area (Å²) >= 11 is 0. The van der Waals surface area contributed by atoms with Gasteiger partial charge in [0.2, 0.25) is 5.91 Å². The number of hydroxylamine groups is 2. The Morgan fingerprint density at radius 3 is 2.38 bits per heavy atom. The summed E-state index contributed by atoms with van der Waals surface area (Å²) in [7, 11) is -3.76. The van der Waals surface area contributed by atoms with Gasteiger partial charge < -0.3 is 33.2 Å². The Bertz CT molecular complexity index is 1120. The molecule has 14 heteroatoms. The molecule has 4 heterocycles. The third-order valence-electron chi connectivity index (χ3n) is 9.34. The second kappa shape index (κ2) is 17.6. The molecule has 4 fully saturated rings. The number of hydrogen-bond acceptors (Lipinski definition) is 10. The molecular weight excluding hydrogens is 639 g/mol. The van der Waals surface area contributed by atoms with Crippen LogP contribution in [0.25, 0.3) is 0 Å². The lowest BCUT2D eigenvalue weighted by Gasteiger charge is -2.55. The van der Waals surface area contributed by atoms with E-state index in [-0.39, 0.29) is 55.2 Å². The average Bonchev–Trinajstić information content (AvgIpc) is 3.48. The number of amides is 3. The Hall–Kier alpha value is -1.60. The van der Waals surface area contributed by atoms with Crippen molar-refractivity contribution in [2.24, 2.45) is 11.3 Å². The van der Waals surface area contributed by atoms with Crippen LogP contribution in [0.1, 0.15) is 99.8 Å². The lowest BCUT2D eigenvalue weighted by atomic mass is 9.85. The number of carbonyl (C=O) groups excluding carboxylic acids is 3. The number of likely N-dealkylation sites (tertiary alicyclic amines) is 1. The number of piperazine rings is 1. The maximum absolute atomic E-state index is 14.4. The first kappa shape index (κ1) is 39.2. The van der Waals surface area contributed by atoms with Gasteiger partial charge >= 0.3 is 7.60 Å². The summed E-state index contributed by atoms with van der Waals surface area (Å²) in [5.74, 6) is -0.866. The van der Waals surface area contributed by atoms with Crippen molar-refractivity contribution < 1.29 is 42.3 Å². The van der Waals surface area contributed by atoms with Crippen molar-refractivity contribution in [3.63, 3.8) is 0 Å². The second-order valence-electron chi connectivity index (χ2n) is 15.2. The zero-order valence-electron chi connectivity index (χ0n) is 30.4. The van der Waals surface area contributed by atoms with E-state index in [4.69, 9.17) is 23.4 Å². The molecule has 276 valence electrons. The van der Waals surface area contributed by atoms with Crippen LogP contribution in [0.4, 0.5) is 0 Å². The number of fused-ring (bicyclic) bond motifs is 1. The molecule has 48 heavy (non-hydrogen) atoms. The highest BCUT2D eigenvalue weighted by molar-refractivity contribution is 7.54. The molecular formula is C34H61N4O9P. The van der Waals surface area contributed by atoms with Gasteiger partial charge in [-0.15, -0.1) is 0 Å². The van der Waals surface area contributed by atoms with Crippen LogP contribution in [-0.2, 0) is 42.3 Å². The van der Waals surface area contributed by atoms with Gasteiger partial charge in [0.15, 0.2) is 18.6 Å². The summed E-state index contributed by atoms with van der Waals surface area (Å²) in [6, 6.07) is -0.823. The zero-order chi connectivity index (χ0) is 35.1. The molecule has 0 aromatic heterocycles. The lowest BCUT2D eigenvalue weighted by molar-refractivity contribution is -0.277. The summed E-state index contributed by atoms with van der Waals surface area (Å²) in [6.07, 6.45) is 4.34. The molecule has 1 unspecified atom stereocenters. The van der Waals surface area contributed by atoms with Crippen molar-refractivity contribution in [1.29, 1.82) is 0 Å². The summed E-state index contributed by atoms with van der Waals surface area (Å²) in [5.41, 5.74) is -0.277. The molecule has 0 N–H and O–H groups in total. The zero-order valence-corrected chi connectivity index (χ0v) is 31.3. The van der Waals surface area contributed by atoms with Crippen molar-refractivity contribution in [3.8, 4) is 0 Å². The summed E-state index contributed by atoms with van der Waals surface area (Å²) < 4.78 is 35.9. The molecule has 0 radical (unpaired) electrons. The number of nitrogens with zero attached hydrogens (tertiary/aromatic N) is 4. The van der Waals surface area contributed by atoms with Crippen molar-refractivity contribution in [1.82, 2.24) is 19.8 Å². The lowest BCUT2D eigenvalue weighted by Crippen LogP contribution is -2.75. The van der Waals surface area contributed by atoms with Gasteiger partial charge in [0, 0.05) is 32.3 Å². The largest absolute Gasteiger partial charge is 0.353 e. The van der Waals surface area contributed by atoms with Gasteiger partial charge in [0.05, 0.1) is 19.8 Å². The van der Waals surface area contributed by atoms with E-state index in [2.05, 4.69) is 25.7 Å². The quantitative estimate of drug-likeness (QED) is 0.166. The maximum atomic E-state index is 14.4. The van der Waals surface area contributed by atoms with Gasteiger partial charge in [-0.1, -0.05) is 34.6 Å². The molecule has 3 amide bonds. The number of unbranched alkanes of at least 4 members (excludes halogenated alkanes) is 1. The van der Waals surface area contributed by atoms with Crippen molar-refractivity contribution in [3.05, 3.63) is 0 Å². The van der Waals surface area contributed by atoms with Crippen molar-refractivity contribution in [2.75, 3.05) is 58.8 Å². The normalized spacial score (nSPS) is 27.7. The van der Waals surface area contributed by atoms with Crippen LogP contribution in [0.15, 0.2) is 0 Å². The minimum Gasteiger partial charge on any atom is -0.353 e. The first-order chi connectivity index (χ1) is 22.7. The van der Waals surface area contributed by atoms with E-state index >= 15 is 0 Å². The second-order valence-corrected chi connectivity index (χ2v) is 17.2. The number of ether oxygens (including phenoxy) is 2. The third-order valence-corrected chi connectivity index (χ3v) is 11.3. The predicted octanol–water partition coefficient (Wildman–Crippen LogP) is 4.64. The van der Waals surface area contributed by atoms with Crippen LogP contribution in [0.2, 0.25) is 0 Å². The van der Waals surface area contributed by atoms with Crippen LogP contribution in [-0.4, -0.2) is 127 Å². The molecule has 0 spiro atoms. The monoisotopic (exact) mass is 700 g/mol. The molecule has 0 aromatic carbocycles. The van der Waals surface area contributed by atoms with E-state index in [0.717, 1.165) is 64.8 Å². The molecule has 4 aliphatic heterocycles. The predicted molar refractivity (Wildman–Crippen MR) is 181 cm³/mol. The van der Waals surface area contributed by atoms with Crippen LogP contribution >= 0.6 is 7.60 Å². The smallest absolute Gasteiger partial charge is 0.340 e. The Morgan fingerprint density at radius 2 is 1.75 bits per heavy atom. The summed E-state index contributed by atoms with van der Waals surface area (Å²) in [6.45, 7) is 17.8. The average molecular weight is 701 g/mol. The fraction of sp³-hybridized carbons (Fsp3) is 0.912. The molecule has 5 atom stereocenters. The van der Waals surface area contributed by atoms with Crippen LogP contribution < -0.4 is 0 Å². The van der Waals surface area contributed by atoms with E-state index in [1.54, 1.807) is 18.7 Å². The van der Waals surface area contributed by atoms with Gasteiger partial charge in [-0.25, -0.2) is 0 Å². The Balaban J connectivity index is 1.51. The van der Waals surface area contributed by atoms with Crippen LogP contribution in [0.5, 0.6) is 0 Å². The molecule has 0 aliphatic carbocycles. The highest BCUT2D eigenvalue weighted by atomic mass is 31.2. The minimum atomic E-state index is -3.76. The first-order valence-corrected chi connectivity index (χ1v) is 19.9. The molecule has 4 aliphatic rings. The fourth-order valence-electron chi connectivity index (χ4n) is 7.19. The fourth-order valence-corrected chi connectivity index (χ4v) is 8.71. The molecule has 4 rings (SSSR count). The SMILES string of the molecule is CCOP(=O)(CC(=O)N1O[C@H](CC(C)C)C(=O)N2[C@@H]1CN([C@H]1CCN(CCCCOC3CCCCO3)C1)C(=O)[C@@H]2CC(C)(C)C)OCC. The number of rotatable bonds is 16. The van der Waals surface area contributed by atoms with E-state index in [1.165, 1.54) is 5.06 Å². The molecule has 0 aromatic rings. The molecule has 0 saturated carbocycles. The van der Waals surface area contributed by atoms with Gasteiger partial charge in [-0.3, -0.25) is 23.8 Å². The van der Waals surface area contributed by atoms with E-state index in [9.17, 15) is 18.9 Å². The maximum Gasteiger partial charge on any atom is 0.340 e. The van der Waals surface area contributed by atoms with E-state index < -0.39 is 38.0 Å². The van der Waals surface area contributed by atoms with E-state index in [1.807, 2.05) is 18.7 Å². The van der Waals surface area contributed by atoms with Crippen molar-refractivity contribution >= 4 is 25.3 Å². The van der Waals surface area contributed by atoms with Crippen molar-refractivity contribution in [2.45, 2.75) is 130 Å². The molecule has 13 nitrogen and oxygen atoms in total. The standard InChI is InChI=1S/C34H61N4O9P/c1-8-45-48(42,46-9-2)24-30(39)38-29-23-36(26-15-17-35(22-26)16-11-13-19-44-31-14-10-12-18-43-31)32(40)27(21-34(5,6)7)37(29)33(41)28(47-38)20-25(3)4/h25-29,31H,8-24H2,1-7H3/t26-,27-,28+,29-,31?/m0/s1. The summed E-state index contributed by atoms with van der Waals surface area (Å²) in [4.78, 5) is 54.5. The van der Waals surface area contributed by atoms with Crippen LogP contribution in [0, 0.1) is 11.3 Å². The van der Waals surface area contributed by atoms with Gasteiger partial charge in [-0.05, 0) is 83.1 Å². The highest BCUT2D eigenvalue weighted by Crippen LogP contribution is 2.48. The van der Waals surface area contributed by atoms with Gasteiger partial charge in [-0.2, -0.15) is 5.06 Å². The van der Waals surface area contributed by atoms with Gasteiger partial charge in [0.25, 0.3) is 11.8 Å². The van der Waals surface area contributed by atoms with Gasteiger partial charge in [0.1, 0.15) is 12.2 Å². The highest BCUT2D eigenvalue weighted by Gasteiger charge is 2.55. The third kappa shape index (κ3) is 10.5. The molecule has 0 bridgehead atoms.